The fourth-order valence-corrected chi connectivity index (χ4v) is 5.87. The van der Waals surface area contributed by atoms with Crippen molar-refractivity contribution in [3.63, 3.8) is 0 Å². The Balaban J connectivity index is 1.60. The average molecular weight is 608 g/mol. The van der Waals surface area contributed by atoms with Crippen molar-refractivity contribution >= 4 is 23.8 Å². The number of hydrogen-bond donors (Lipinski definition) is 2. The van der Waals surface area contributed by atoms with Gasteiger partial charge >= 0.3 is 5.97 Å². The van der Waals surface area contributed by atoms with Crippen molar-refractivity contribution in [3.05, 3.63) is 58.8 Å². The number of aryl methyl sites for hydroxylation is 1. The fraction of sp³-hybridized carbons (Fsp3) is 0.543. The summed E-state index contributed by atoms with van der Waals surface area (Å²) in [5, 5.41) is 9.82. The summed E-state index contributed by atoms with van der Waals surface area (Å²) < 4.78 is 16.1. The van der Waals surface area contributed by atoms with E-state index in [0.29, 0.717) is 49.2 Å². The predicted octanol–water partition coefficient (Wildman–Crippen LogP) is 6.38. The zero-order valence-electron chi connectivity index (χ0n) is 26.7. The first kappa shape index (κ1) is 34.8. The summed E-state index contributed by atoms with van der Waals surface area (Å²) in [6.07, 6.45) is 10.6. The number of aromatic hydroxyl groups is 1. The lowest BCUT2D eigenvalue weighted by Crippen LogP contribution is -2.22. The highest BCUT2D eigenvalue weighted by Gasteiger charge is 2.23. The molecular weight excluding hydrogens is 558 g/mol. The topological polar surface area (TPSA) is 133 Å². The van der Waals surface area contributed by atoms with Gasteiger partial charge in [-0.3, -0.25) is 14.6 Å². The van der Waals surface area contributed by atoms with Gasteiger partial charge in [-0.05, 0) is 103 Å². The molecule has 0 saturated heterocycles. The highest BCUT2D eigenvalue weighted by molar-refractivity contribution is 5.82. The van der Waals surface area contributed by atoms with E-state index in [2.05, 4.69) is 23.0 Å². The Labute approximate surface area is 261 Å². The van der Waals surface area contributed by atoms with Crippen LogP contribution >= 0.6 is 0 Å². The first-order valence-corrected chi connectivity index (χ1v) is 15.7. The minimum atomic E-state index is -0.448. The van der Waals surface area contributed by atoms with E-state index in [1.165, 1.54) is 30.7 Å². The van der Waals surface area contributed by atoms with E-state index in [1.807, 2.05) is 12.3 Å². The summed E-state index contributed by atoms with van der Waals surface area (Å²) in [5.74, 6) is 1.34. The Morgan fingerprint density at radius 3 is 2.61 bits per heavy atom. The molecule has 3 unspecified atom stereocenters. The maximum absolute atomic E-state index is 12.9. The van der Waals surface area contributed by atoms with E-state index in [-0.39, 0.29) is 23.9 Å². The monoisotopic (exact) mass is 607 g/mol. The van der Waals surface area contributed by atoms with Crippen molar-refractivity contribution in [2.45, 2.75) is 90.1 Å². The lowest BCUT2D eigenvalue weighted by atomic mass is 9.84. The maximum Gasteiger partial charge on any atom is 0.302 e. The molecule has 0 amide bonds. The van der Waals surface area contributed by atoms with Crippen molar-refractivity contribution in [1.82, 2.24) is 4.98 Å². The molecule has 1 aliphatic rings. The molecule has 0 radical (unpaired) electrons. The van der Waals surface area contributed by atoms with Crippen LogP contribution in [0.15, 0.2) is 52.7 Å². The summed E-state index contributed by atoms with van der Waals surface area (Å²) >= 11 is 0. The molecule has 0 aliphatic carbocycles. The number of hydrogen-bond acceptors (Lipinski definition) is 9. The standard InChI is InChI=1S/C35H49N3O6/c1-5-25(9-12-32(44-24(2)39)21-31(40)11-8-26-10-13-33(41)34(18-26)43-4)17-29-22-37-23-30(29)19-27(7-6-16-42-3)28-14-15-38-35(36)20-28/h10,13-15,18,20,22,25,27,32,41H,5-9,11-12,16-17,19,21,23H2,1-4H3,(H2,36,38). The third kappa shape index (κ3) is 11.4. The van der Waals surface area contributed by atoms with Gasteiger partial charge in [-0.15, -0.1) is 0 Å². The second-order valence-corrected chi connectivity index (χ2v) is 11.7. The van der Waals surface area contributed by atoms with Crippen LogP contribution < -0.4 is 10.5 Å². The molecule has 1 aliphatic heterocycles. The number of phenols is 1. The number of aromatic nitrogens is 1. The number of benzene rings is 1. The summed E-state index contributed by atoms with van der Waals surface area (Å²) in [4.78, 5) is 33.6. The Bertz CT molecular complexity index is 1290. The number of Topliss-reactive ketones (excluding diaryl/α,β-unsaturated/α-hetero) is 1. The third-order valence-electron chi connectivity index (χ3n) is 8.36. The van der Waals surface area contributed by atoms with Crippen LogP contribution in [0, 0.1) is 5.92 Å². The van der Waals surface area contributed by atoms with Crippen LogP contribution in [0.5, 0.6) is 11.5 Å². The van der Waals surface area contributed by atoms with Crippen LogP contribution in [0.25, 0.3) is 0 Å². The van der Waals surface area contributed by atoms with Crippen LogP contribution in [-0.4, -0.2) is 61.5 Å². The summed E-state index contributed by atoms with van der Waals surface area (Å²) in [6, 6.07) is 9.11. The number of ether oxygens (including phenoxy) is 3. The van der Waals surface area contributed by atoms with Crippen LogP contribution in [0.1, 0.15) is 88.7 Å². The fourth-order valence-electron chi connectivity index (χ4n) is 5.87. The van der Waals surface area contributed by atoms with Gasteiger partial charge in [0.2, 0.25) is 0 Å². The summed E-state index contributed by atoms with van der Waals surface area (Å²) in [7, 11) is 3.22. The smallest absolute Gasteiger partial charge is 0.302 e. The van der Waals surface area contributed by atoms with E-state index >= 15 is 0 Å². The number of methoxy groups -OCH3 is 2. The van der Waals surface area contributed by atoms with E-state index < -0.39 is 6.10 Å². The Hall–Kier alpha value is -3.72. The zero-order valence-corrected chi connectivity index (χ0v) is 26.7. The molecule has 2 aromatic rings. The number of nitrogen functional groups attached to an aromatic ring is 1. The Kier molecular flexibility index (Phi) is 14.4. The van der Waals surface area contributed by atoms with Gasteiger partial charge in [-0.1, -0.05) is 19.4 Å². The molecule has 0 fully saturated rings. The molecular formula is C35H49N3O6. The summed E-state index contributed by atoms with van der Waals surface area (Å²) in [6.45, 7) is 5.00. The highest BCUT2D eigenvalue weighted by Crippen LogP contribution is 2.34. The maximum atomic E-state index is 12.9. The van der Waals surface area contributed by atoms with Crippen molar-refractivity contribution in [1.29, 1.82) is 0 Å². The number of anilines is 1. The number of nitrogens with zero attached hydrogens (tertiary/aromatic N) is 2. The van der Waals surface area contributed by atoms with Gasteiger partial charge in [-0.2, -0.15) is 0 Å². The van der Waals surface area contributed by atoms with Gasteiger partial charge in [0.15, 0.2) is 11.5 Å². The second-order valence-electron chi connectivity index (χ2n) is 11.7. The molecule has 9 heteroatoms. The molecule has 0 saturated carbocycles. The van der Waals surface area contributed by atoms with E-state index in [0.717, 1.165) is 50.7 Å². The number of nitrogens with two attached hydrogens (primary N) is 1. The number of rotatable bonds is 20. The van der Waals surface area contributed by atoms with E-state index in [4.69, 9.17) is 19.9 Å². The summed E-state index contributed by atoms with van der Waals surface area (Å²) in [5.41, 5.74) is 10.8. The molecule has 44 heavy (non-hydrogen) atoms. The van der Waals surface area contributed by atoms with E-state index in [1.54, 1.807) is 31.5 Å². The number of aliphatic imine (C=N–C) groups is 1. The minimum absolute atomic E-state index is 0.0422. The van der Waals surface area contributed by atoms with Crippen molar-refractivity contribution in [2.24, 2.45) is 10.9 Å². The predicted molar refractivity (Wildman–Crippen MR) is 173 cm³/mol. The number of carbonyl (C=O) groups is 2. The number of esters is 1. The molecule has 1 aromatic carbocycles. The SMILES string of the molecule is CCC(CCC(CC(=O)CCc1ccc(O)c(OC)c1)OC(C)=O)CC1=C(CC(CCCOC)c2ccnc(N)c2)CN=C1. The number of ketones is 1. The normalized spacial score (nSPS) is 14.8. The third-order valence-corrected chi connectivity index (χ3v) is 8.36. The molecule has 1 aromatic heterocycles. The van der Waals surface area contributed by atoms with Crippen molar-refractivity contribution in [2.75, 3.05) is 33.1 Å². The first-order valence-electron chi connectivity index (χ1n) is 15.7. The van der Waals surface area contributed by atoms with Crippen molar-refractivity contribution < 1.29 is 28.9 Å². The molecule has 0 spiro atoms. The van der Waals surface area contributed by atoms with Gasteiger partial charge in [0, 0.05) is 45.9 Å². The minimum Gasteiger partial charge on any atom is -0.504 e. The molecule has 0 bridgehead atoms. The molecule has 9 nitrogen and oxygen atoms in total. The van der Waals surface area contributed by atoms with Gasteiger partial charge in [-0.25, -0.2) is 4.98 Å². The number of pyridine rings is 1. The molecule has 3 atom stereocenters. The molecule has 3 N–H and O–H groups in total. The Morgan fingerprint density at radius 2 is 1.91 bits per heavy atom. The lowest BCUT2D eigenvalue weighted by molar-refractivity contribution is -0.148. The molecule has 240 valence electrons. The largest absolute Gasteiger partial charge is 0.504 e. The van der Waals surface area contributed by atoms with Crippen molar-refractivity contribution in [3.8, 4) is 11.5 Å². The van der Waals surface area contributed by atoms with Gasteiger partial charge in [0.05, 0.1) is 13.7 Å². The van der Waals surface area contributed by atoms with Crippen LogP contribution in [0.2, 0.25) is 0 Å². The van der Waals surface area contributed by atoms with Crippen LogP contribution in [0.4, 0.5) is 5.82 Å². The highest BCUT2D eigenvalue weighted by atomic mass is 16.5. The quantitative estimate of drug-likeness (QED) is 0.131. The number of allylic oxidation sites excluding steroid dienone is 1. The zero-order chi connectivity index (χ0) is 31.9. The number of phenolic OH excluding ortho intramolecular Hbond substituents is 1. The molecule has 3 rings (SSSR count). The lowest BCUT2D eigenvalue weighted by Gasteiger charge is -2.22. The second kappa shape index (κ2) is 18.2. The van der Waals surface area contributed by atoms with E-state index in [9.17, 15) is 14.7 Å². The van der Waals surface area contributed by atoms with Crippen LogP contribution in [0.3, 0.4) is 0 Å². The Morgan fingerprint density at radius 1 is 1.09 bits per heavy atom. The van der Waals surface area contributed by atoms with Gasteiger partial charge < -0.3 is 25.1 Å². The van der Waals surface area contributed by atoms with Gasteiger partial charge in [0.25, 0.3) is 0 Å². The molecule has 2 heterocycles. The average Bonchev–Trinajstić information content (AvgIpc) is 3.44. The van der Waals surface area contributed by atoms with Crippen LogP contribution in [-0.2, 0) is 25.5 Å². The number of carbonyl (C=O) groups excluding carboxylic acids is 2. The first-order chi connectivity index (χ1) is 21.2. The van der Waals surface area contributed by atoms with Gasteiger partial charge in [0.1, 0.15) is 17.7 Å².